The van der Waals surface area contributed by atoms with E-state index in [0.717, 1.165) is 28.9 Å². The highest BCUT2D eigenvalue weighted by Gasteiger charge is 2.35. The van der Waals surface area contributed by atoms with Crippen molar-refractivity contribution in [2.45, 2.75) is 38.3 Å². The van der Waals surface area contributed by atoms with Crippen LogP contribution in [0.2, 0.25) is 0 Å². The van der Waals surface area contributed by atoms with Crippen LogP contribution in [0.5, 0.6) is 0 Å². The number of rotatable bonds is 2. The van der Waals surface area contributed by atoms with Crippen molar-refractivity contribution in [1.29, 1.82) is 0 Å². The standard InChI is InChI=1S/C25H24N4O/c1-15-3-7-20(26-14-15)16-9-10-29(24(30)11-16)18-5-6-19-22(13-18)28(2)23-12-17-4-8-21(27-17)25(19)23/h3,5-7,9-11,13-14,17,21,27H,4,8,12H2,1-2H3. The molecule has 5 heteroatoms. The maximum atomic E-state index is 12.9. The van der Waals surface area contributed by atoms with Gasteiger partial charge in [-0.15, -0.1) is 0 Å². The van der Waals surface area contributed by atoms with Crippen LogP contribution >= 0.6 is 0 Å². The van der Waals surface area contributed by atoms with Crippen molar-refractivity contribution >= 4 is 10.9 Å². The monoisotopic (exact) mass is 396 g/mol. The zero-order chi connectivity index (χ0) is 20.4. The van der Waals surface area contributed by atoms with Crippen LogP contribution in [0.1, 0.15) is 35.7 Å². The lowest BCUT2D eigenvalue weighted by Gasteiger charge is -2.23. The summed E-state index contributed by atoms with van der Waals surface area (Å²) >= 11 is 0. The van der Waals surface area contributed by atoms with Crippen LogP contribution < -0.4 is 10.9 Å². The Balaban J connectivity index is 1.44. The molecular weight excluding hydrogens is 372 g/mol. The molecule has 2 aliphatic rings. The van der Waals surface area contributed by atoms with Gasteiger partial charge in [0.1, 0.15) is 0 Å². The molecule has 0 radical (unpaired) electrons. The van der Waals surface area contributed by atoms with Crippen LogP contribution in [0.25, 0.3) is 27.8 Å². The molecule has 5 nitrogen and oxygen atoms in total. The minimum absolute atomic E-state index is 0.0473. The highest BCUT2D eigenvalue weighted by atomic mass is 16.1. The average Bonchev–Trinajstić information content (AvgIpc) is 3.27. The van der Waals surface area contributed by atoms with Gasteiger partial charge in [0.2, 0.25) is 0 Å². The van der Waals surface area contributed by atoms with E-state index >= 15 is 0 Å². The van der Waals surface area contributed by atoms with Gasteiger partial charge < -0.3 is 9.88 Å². The van der Waals surface area contributed by atoms with E-state index < -0.39 is 0 Å². The van der Waals surface area contributed by atoms with Gasteiger partial charge in [-0.3, -0.25) is 14.3 Å². The Hall–Kier alpha value is -3.18. The van der Waals surface area contributed by atoms with E-state index in [1.165, 1.54) is 35.0 Å². The van der Waals surface area contributed by atoms with Crippen molar-refractivity contribution < 1.29 is 0 Å². The molecule has 6 rings (SSSR count). The fourth-order valence-corrected chi connectivity index (χ4v) is 5.22. The average molecular weight is 396 g/mol. The first-order valence-corrected chi connectivity index (χ1v) is 10.6. The van der Waals surface area contributed by atoms with Crippen molar-refractivity contribution in [3.05, 3.63) is 82.0 Å². The molecule has 2 unspecified atom stereocenters. The molecule has 3 aromatic heterocycles. The number of fused-ring (bicyclic) bond motifs is 6. The summed E-state index contributed by atoms with van der Waals surface area (Å²) in [6.45, 7) is 2.01. The zero-order valence-corrected chi connectivity index (χ0v) is 17.2. The Morgan fingerprint density at radius 3 is 2.80 bits per heavy atom. The minimum atomic E-state index is -0.0473. The summed E-state index contributed by atoms with van der Waals surface area (Å²) < 4.78 is 4.05. The molecule has 5 heterocycles. The number of hydrogen-bond acceptors (Lipinski definition) is 3. The van der Waals surface area contributed by atoms with E-state index in [4.69, 9.17) is 0 Å². The molecule has 2 bridgehead atoms. The normalized spacial score (nSPS) is 19.9. The van der Waals surface area contributed by atoms with Crippen molar-refractivity contribution in [3.8, 4) is 16.9 Å². The first-order chi connectivity index (χ1) is 14.6. The van der Waals surface area contributed by atoms with Crippen molar-refractivity contribution in [2.24, 2.45) is 7.05 Å². The Labute approximate surface area is 175 Å². The van der Waals surface area contributed by atoms with Crippen molar-refractivity contribution in [2.75, 3.05) is 0 Å². The lowest BCUT2D eigenvalue weighted by Crippen LogP contribution is -2.32. The second-order valence-corrected chi connectivity index (χ2v) is 8.66. The largest absolute Gasteiger partial charge is 0.347 e. The van der Waals surface area contributed by atoms with Crippen LogP contribution in [0.3, 0.4) is 0 Å². The van der Waals surface area contributed by atoms with Gasteiger partial charge in [-0.25, -0.2) is 0 Å². The molecule has 2 aliphatic heterocycles. The van der Waals surface area contributed by atoms with Gasteiger partial charge in [0, 0.05) is 60.7 Å². The number of benzene rings is 1. The lowest BCUT2D eigenvalue weighted by atomic mass is 9.99. The van der Waals surface area contributed by atoms with E-state index in [9.17, 15) is 4.79 Å². The molecule has 4 aromatic rings. The highest BCUT2D eigenvalue weighted by Crippen LogP contribution is 2.41. The molecule has 1 aromatic carbocycles. The topological polar surface area (TPSA) is 51.9 Å². The van der Waals surface area contributed by atoms with E-state index in [2.05, 4.69) is 40.1 Å². The maximum Gasteiger partial charge on any atom is 0.255 e. The van der Waals surface area contributed by atoms with Gasteiger partial charge in [-0.05, 0) is 55.2 Å². The van der Waals surface area contributed by atoms with Crippen LogP contribution in [0.4, 0.5) is 0 Å². The number of hydrogen-bond donors (Lipinski definition) is 1. The molecule has 150 valence electrons. The van der Waals surface area contributed by atoms with Gasteiger partial charge in [-0.1, -0.05) is 12.1 Å². The quantitative estimate of drug-likeness (QED) is 0.556. The molecular formula is C25H24N4O. The third-order valence-corrected chi connectivity index (χ3v) is 6.78. The molecule has 30 heavy (non-hydrogen) atoms. The first kappa shape index (κ1) is 17.7. The van der Waals surface area contributed by atoms with E-state index in [-0.39, 0.29) is 5.56 Å². The van der Waals surface area contributed by atoms with Crippen LogP contribution in [0.15, 0.2) is 59.7 Å². The first-order valence-electron chi connectivity index (χ1n) is 10.6. The molecule has 2 atom stereocenters. The summed E-state index contributed by atoms with van der Waals surface area (Å²) in [4.78, 5) is 17.4. The molecule has 0 saturated carbocycles. The van der Waals surface area contributed by atoms with Gasteiger partial charge in [0.15, 0.2) is 0 Å². The van der Waals surface area contributed by atoms with Gasteiger partial charge in [0.05, 0.1) is 16.9 Å². The predicted molar refractivity (Wildman–Crippen MR) is 119 cm³/mol. The Morgan fingerprint density at radius 2 is 2.00 bits per heavy atom. The van der Waals surface area contributed by atoms with Gasteiger partial charge in [0.25, 0.3) is 5.56 Å². The predicted octanol–water partition coefficient (Wildman–Crippen LogP) is 4.05. The summed E-state index contributed by atoms with van der Waals surface area (Å²) in [7, 11) is 2.16. The van der Waals surface area contributed by atoms with Crippen LogP contribution in [-0.2, 0) is 13.5 Å². The fraction of sp³-hybridized carbons (Fsp3) is 0.280. The fourth-order valence-electron chi connectivity index (χ4n) is 5.22. The van der Waals surface area contributed by atoms with Crippen molar-refractivity contribution in [1.82, 2.24) is 19.4 Å². The highest BCUT2D eigenvalue weighted by molar-refractivity contribution is 5.88. The second-order valence-electron chi connectivity index (χ2n) is 8.66. The van der Waals surface area contributed by atoms with E-state index in [1.807, 2.05) is 37.5 Å². The number of aryl methyl sites for hydroxylation is 2. The summed E-state index contributed by atoms with van der Waals surface area (Å²) in [5.74, 6) is 0. The van der Waals surface area contributed by atoms with Gasteiger partial charge in [-0.2, -0.15) is 0 Å². The van der Waals surface area contributed by atoms with Gasteiger partial charge >= 0.3 is 0 Å². The smallest absolute Gasteiger partial charge is 0.255 e. The molecule has 1 N–H and O–H groups in total. The molecule has 0 aliphatic carbocycles. The second kappa shape index (κ2) is 6.41. The maximum absolute atomic E-state index is 12.9. The van der Waals surface area contributed by atoms with E-state index in [1.54, 1.807) is 10.6 Å². The number of pyridine rings is 2. The summed E-state index contributed by atoms with van der Waals surface area (Å²) in [5, 5.41) is 5.07. The number of aromatic nitrogens is 3. The van der Waals surface area contributed by atoms with E-state index in [0.29, 0.717) is 12.1 Å². The SMILES string of the molecule is Cc1ccc(-c2ccn(-c3ccc4c5c(n(C)c4c3)CC3CCC5N3)c(=O)c2)nc1. The molecule has 1 fully saturated rings. The van der Waals surface area contributed by atoms with Crippen LogP contribution in [-0.4, -0.2) is 20.2 Å². The molecule has 0 spiro atoms. The third-order valence-electron chi connectivity index (χ3n) is 6.78. The Bertz CT molecular complexity index is 1350. The Morgan fingerprint density at radius 1 is 1.10 bits per heavy atom. The molecule has 0 amide bonds. The number of nitrogens with one attached hydrogen (secondary N) is 1. The summed E-state index contributed by atoms with van der Waals surface area (Å²) in [6.07, 6.45) is 7.24. The summed E-state index contributed by atoms with van der Waals surface area (Å²) in [6, 6.07) is 15.1. The Kier molecular flexibility index (Phi) is 3.77. The molecule has 1 saturated heterocycles. The van der Waals surface area contributed by atoms with Crippen LogP contribution in [0, 0.1) is 6.92 Å². The summed E-state index contributed by atoms with van der Waals surface area (Å²) in [5.41, 5.74) is 7.72. The minimum Gasteiger partial charge on any atom is -0.347 e. The zero-order valence-electron chi connectivity index (χ0n) is 17.2. The number of nitrogens with zero attached hydrogens (tertiary/aromatic N) is 3. The van der Waals surface area contributed by atoms with Crippen molar-refractivity contribution in [3.63, 3.8) is 0 Å². The third kappa shape index (κ3) is 2.58. The lowest BCUT2D eigenvalue weighted by molar-refractivity contribution is 0.504.